The van der Waals surface area contributed by atoms with E-state index >= 15 is 0 Å². The summed E-state index contributed by atoms with van der Waals surface area (Å²) in [7, 11) is -3.64. The lowest BCUT2D eigenvalue weighted by atomic mass is 10.5. The molecule has 8 heteroatoms. The van der Waals surface area contributed by atoms with Gasteiger partial charge >= 0.3 is 0 Å². The Morgan fingerprint density at radius 2 is 2.12 bits per heavy atom. The second kappa shape index (κ2) is 4.22. The van der Waals surface area contributed by atoms with Crippen molar-refractivity contribution in [2.75, 3.05) is 4.72 Å². The molecule has 2 aromatic heterocycles. The van der Waals surface area contributed by atoms with Gasteiger partial charge in [-0.2, -0.15) is 13.5 Å². The molecule has 0 aliphatic heterocycles. The second-order valence-electron chi connectivity index (χ2n) is 2.89. The topological polar surface area (TPSA) is 87.7 Å². The maximum absolute atomic E-state index is 11.7. The normalized spacial score (nSPS) is 11.3. The largest absolute Gasteiger partial charge is 0.279 e. The average Bonchev–Trinajstić information content (AvgIpc) is 2.69. The molecule has 0 bridgehead atoms. The van der Waals surface area contributed by atoms with E-state index in [0.29, 0.717) is 0 Å². The van der Waals surface area contributed by atoms with Crippen molar-refractivity contribution in [3.05, 3.63) is 35.1 Å². The molecule has 0 saturated carbocycles. The van der Waals surface area contributed by atoms with Crippen LogP contribution < -0.4 is 4.72 Å². The highest BCUT2D eigenvalue weighted by molar-refractivity contribution is 9.10. The summed E-state index contributed by atoms with van der Waals surface area (Å²) in [5, 5.41) is 5.94. The number of sulfonamides is 1. The highest BCUT2D eigenvalue weighted by Gasteiger charge is 2.15. The van der Waals surface area contributed by atoms with Gasteiger partial charge < -0.3 is 0 Å². The third kappa shape index (κ3) is 2.39. The van der Waals surface area contributed by atoms with Crippen LogP contribution >= 0.6 is 15.9 Å². The Morgan fingerprint density at radius 1 is 1.31 bits per heavy atom. The van der Waals surface area contributed by atoms with Crippen LogP contribution in [0.1, 0.15) is 0 Å². The fourth-order valence-corrected chi connectivity index (χ4v) is 2.29. The van der Waals surface area contributed by atoms with E-state index in [1.807, 2.05) is 0 Å². The number of H-pyrrole nitrogens is 1. The molecule has 2 aromatic rings. The molecule has 0 fully saturated rings. The maximum Gasteiger partial charge on any atom is 0.279 e. The van der Waals surface area contributed by atoms with Crippen molar-refractivity contribution >= 4 is 31.8 Å². The van der Waals surface area contributed by atoms with Gasteiger partial charge in [-0.05, 0) is 18.2 Å². The summed E-state index contributed by atoms with van der Waals surface area (Å²) in [6.07, 6.45) is 2.86. The second-order valence-corrected chi connectivity index (χ2v) is 5.45. The van der Waals surface area contributed by atoms with Crippen LogP contribution in [0.2, 0.25) is 0 Å². The summed E-state index contributed by atoms with van der Waals surface area (Å²) in [5.74, 6) is 0.240. The van der Waals surface area contributed by atoms with Crippen molar-refractivity contribution in [1.82, 2.24) is 15.2 Å². The molecule has 0 aromatic carbocycles. The van der Waals surface area contributed by atoms with Crippen LogP contribution in [0, 0.1) is 0 Å². The summed E-state index contributed by atoms with van der Waals surface area (Å²) in [4.78, 5) is 3.88. The van der Waals surface area contributed by atoms with Gasteiger partial charge in [-0.3, -0.25) is 9.82 Å². The number of nitrogens with one attached hydrogen (secondary N) is 2. The minimum absolute atomic E-state index is 0.00530. The van der Waals surface area contributed by atoms with Crippen LogP contribution in [0.3, 0.4) is 0 Å². The first-order valence-electron chi connectivity index (χ1n) is 4.22. The van der Waals surface area contributed by atoms with E-state index in [1.54, 1.807) is 12.1 Å². The van der Waals surface area contributed by atoms with Crippen molar-refractivity contribution in [3.8, 4) is 0 Å². The summed E-state index contributed by atoms with van der Waals surface area (Å²) in [5.41, 5.74) is 0. The zero-order valence-corrected chi connectivity index (χ0v) is 10.3. The van der Waals surface area contributed by atoms with E-state index in [2.05, 4.69) is 35.8 Å². The predicted molar refractivity (Wildman–Crippen MR) is 61.3 cm³/mol. The fourth-order valence-electron chi connectivity index (χ4n) is 1.05. The SMILES string of the molecule is O=S(=O)(Nc1cc(Br)ccn1)c1ccn[nH]1. The first kappa shape index (κ1) is 11.1. The lowest BCUT2D eigenvalue weighted by Gasteiger charge is -2.04. The number of nitrogens with zero attached hydrogens (tertiary/aromatic N) is 2. The molecule has 16 heavy (non-hydrogen) atoms. The fraction of sp³-hybridized carbons (Fsp3) is 0. The van der Waals surface area contributed by atoms with Gasteiger partial charge in [0.15, 0.2) is 5.03 Å². The quantitative estimate of drug-likeness (QED) is 0.896. The van der Waals surface area contributed by atoms with E-state index in [4.69, 9.17) is 0 Å². The van der Waals surface area contributed by atoms with Crippen molar-refractivity contribution in [3.63, 3.8) is 0 Å². The van der Waals surface area contributed by atoms with Gasteiger partial charge in [0, 0.05) is 10.7 Å². The maximum atomic E-state index is 11.7. The highest BCUT2D eigenvalue weighted by Crippen LogP contribution is 2.15. The van der Waals surface area contributed by atoms with Gasteiger partial charge in [0.25, 0.3) is 10.0 Å². The third-order valence-corrected chi connectivity index (χ3v) is 3.50. The summed E-state index contributed by atoms with van der Waals surface area (Å²) in [6, 6.07) is 4.63. The molecule has 2 heterocycles. The van der Waals surface area contributed by atoms with Gasteiger partial charge in [-0.15, -0.1) is 0 Å². The van der Waals surface area contributed by atoms with Crippen LogP contribution in [-0.2, 0) is 10.0 Å². The molecule has 0 unspecified atom stereocenters. The van der Waals surface area contributed by atoms with E-state index < -0.39 is 10.0 Å². The number of rotatable bonds is 3. The van der Waals surface area contributed by atoms with Crippen molar-refractivity contribution < 1.29 is 8.42 Å². The lowest BCUT2D eigenvalue weighted by Crippen LogP contribution is -2.14. The molecule has 84 valence electrons. The van der Waals surface area contributed by atoms with Crippen LogP contribution in [0.15, 0.2) is 40.1 Å². The average molecular weight is 303 g/mol. The number of pyridine rings is 1. The third-order valence-electron chi connectivity index (χ3n) is 1.73. The van der Waals surface area contributed by atoms with Gasteiger partial charge in [0.2, 0.25) is 0 Å². The number of halogens is 1. The summed E-state index contributed by atoms with van der Waals surface area (Å²) >= 11 is 3.22. The summed E-state index contributed by atoms with van der Waals surface area (Å²) < 4.78 is 26.5. The number of hydrogen-bond donors (Lipinski definition) is 2. The van der Waals surface area contributed by atoms with Crippen LogP contribution in [0.5, 0.6) is 0 Å². The standard InChI is InChI=1S/C8H7BrN4O2S/c9-6-1-3-10-7(5-6)13-16(14,15)8-2-4-11-12-8/h1-5H,(H,10,13)(H,11,12). The number of aromatic nitrogens is 3. The molecule has 0 atom stereocenters. The Balaban J connectivity index is 2.29. The molecule has 2 N–H and O–H groups in total. The molecule has 0 saturated heterocycles. The molecule has 0 aliphatic rings. The van der Waals surface area contributed by atoms with E-state index in [1.165, 1.54) is 18.5 Å². The number of anilines is 1. The van der Waals surface area contributed by atoms with E-state index in [9.17, 15) is 8.42 Å². The van der Waals surface area contributed by atoms with Crippen molar-refractivity contribution in [1.29, 1.82) is 0 Å². The van der Waals surface area contributed by atoms with Gasteiger partial charge in [-0.25, -0.2) is 4.98 Å². The highest BCUT2D eigenvalue weighted by atomic mass is 79.9. The monoisotopic (exact) mass is 302 g/mol. The van der Waals surface area contributed by atoms with Gasteiger partial charge in [0.1, 0.15) is 5.82 Å². The molecule has 0 amide bonds. The molecule has 0 aliphatic carbocycles. The Kier molecular flexibility index (Phi) is 2.92. The van der Waals surface area contributed by atoms with Crippen LogP contribution in [-0.4, -0.2) is 23.6 Å². The molecular formula is C8H7BrN4O2S. The molecule has 6 nitrogen and oxygen atoms in total. The van der Waals surface area contributed by atoms with E-state index in [-0.39, 0.29) is 10.8 Å². The first-order chi connectivity index (χ1) is 7.58. The minimum atomic E-state index is -3.64. The van der Waals surface area contributed by atoms with E-state index in [0.717, 1.165) is 4.47 Å². The molecule has 2 rings (SSSR count). The lowest BCUT2D eigenvalue weighted by molar-refractivity contribution is 0.597. The Hall–Kier alpha value is -1.41. The molecule has 0 spiro atoms. The Labute approximate surface area is 100 Å². The smallest absolute Gasteiger partial charge is 0.266 e. The Bertz CT molecular complexity index is 582. The van der Waals surface area contributed by atoms with Gasteiger partial charge in [0.05, 0.1) is 6.20 Å². The van der Waals surface area contributed by atoms with Crippen LogP contribution in [0.25, 0.3) is 0 Å². The zero-order chi connectivity index (χ0) is 11.6. The van der Waals surface area contributed by atoms with Crippen molar-refractivity contribution in [2.24, 2.45) is 0 Å². The molecular weight excluding hydrogens is 296 g/mol. The predicted octanol–water partition coefficient (Wildman–Crippen LogP) is 1.37. The van der Waals surface area contributed by atoms with Crippen LogP contribution in [0.4, 0.5) is 5.82 Å². The first-order valence-corrected chi connectivity index (χ1v) is 6.49. The van der Waals surface area contributed by atoms with Gasteiger partial charge in [-0.1, -0.05) is 15.9 Å². The number of hydrogen-bond acceptors (Lipinski definition) is 4. The zero-order valence-electron chi connectivity index (χ0n) is 7.88. The Morgan fingerprint density at radius 3 is 2.75 bits per heavy atom. The minimum Gasteiger partial charge on any atom is -0.266 e. The number of aromatic amines is 1. The van der Waals surface area contributed by atoms with Crippen molar-refractivity contribution in [2.45, 2.75) is 5.03 Å². The summed E-state index contributed by atoms with van der Waals surface area (Å²) in [6.45, 7) is 0. The molecule has 0 radical (unpaired) electrons.